The zero-order chi connectivity index (χ0) is 14.0. The molecule has 0 aromatic carbocycles. The van der Waals surface area contributed by atoms with Crippen LogP contribution in [0.5, 0.6) is 0 Å². The Kier molecular flexibility index (Phi) is 3.49. The number of aromatic nitrogens is 6. The van der Waals surface area contributed by atoms with Crippen LogP contribution in [0.4, 0.5) is 8.78 Å². The van der Waals surface area contributed by atoms with Crippen LogP contribution in [0.3, 0.4) is 0 Å². The summed E-state index contributed by atoms with van der Waals surface area (Å²) in [5, 5.41) is 19.3. The number of alkyl halides is 2. The molecule has 8 nitrogen and oxygen atoms in total. The van der Waals surface area contributed by atoms with Crippen LogP contribution in [-0.4, -0.2) is 40.8 Å². The number of halogens is 2. The maximum Gasteiger partial charge on any atom is 0.358 e. The summed E-state index contributed by atoms with van der Waals surface area (Å²) in [6.45, 7) is 2.21. The predicted molar refractivity (Wildman–Crippen MR) is 56.7 cm³/mol. The van der Waals surface area contributed by atoms with Crippen molar-refractivity contribution >= 4 is 5.97 Å². The molecule has 0 saturated carbocycles. The molecule has 102 valence electrons. The van der Waals surface area contributed by atoms with Gasteiger partial charge in [0.05, 0.1) is 0 Å². The number of hydrogen-bond acceptors (Lipinski definition) is 5. The first kappa shape index (κ1) is 13.1. The van der Waals surface area contributed by atoms with E-state index in [4.69, 9.17) is 5.11 Å². The maximum atomic E-state index is 12.9. The molecule has 19 heavy (non-hydrogen) atoms. The van der Waals surface area contributed by atoms with Crippen molar-refractivity contribution in [2.45, 2.75) is 26.4 Å². The van der Waals surface area contributed by atoms with Gasteiger partial charge >= 0.3 is 5.97 Å². The monoisotopic (exact) mass is 272 g/mol. The number of nitrogens with zero attached hydrogens (tertiary/aromatic N) is 6. The fraction of sp³-hybridized carbons (Fsp3) is 0.444. The Bertz CT molecular complexity index is 593. The summed E-state index contributed by atoms with van der Waals surface area (Å²) >= 11 is 0. The second kappa shape index (κ2) is 5.08. The van der Waals surface area contributed by atoms with Gasteiger partial charge < -0.3 is 5.11 Å². The van der Waals surface area contributed by atoms with Crippen molar-refractivity contribution in [3.05, 3.63) is 23.5 Å². The molecule has 0 saturated heterocycles. The van der Waals surface area contributed by atoms with Gasteiger partial charge in [-0.25, -0.2) is 27.9 Å². The van der Waals surface area contributed by atoms with E-state index in [0.717, 1.165) is 4.68 Å². The van der Waals surface area contributed by atoms with Crippen molar-refractivity contribution in [2.75, 3.05) is 0 Å². The van der Waals surface area contributed by atoms with Crippen molar-refractivity contribution < 1.29 is 18.7 Å². The van der Waals surface area contributed by atoms with Gasteiger partial charge in [-0.15, -0.1) is 5.10 Å². The lowest BCUT2D eigenvalue weighted by Crippen LogP contribution is -2.14. The van der Waals surface area contributed by atoms with Crippen LogP contribution in [0, 0.1) is 0 Å². The van der Waals surface area contributed by atoms with E-state index in [9.17, 15) is 13.6 Å². The van der Waals surface area contributed by atoms with Gasteiger partial charge in [0, 0.05) is 6.54 Å². The van der Waals surface area contributed by atoms with Crippen LogP contribution < -0.4 is 0 Å². The third-order valence-corrected chi connectivity index (χ3v) is 2.47. The molecule has 2 heterocycles. The highest BCUT2D eigenvalue weighted by molar-refractivity contribution is 5.86. The molecule has 0 aliphatic heterocycles. The van der Waals surface area contributed by atoms with Crippen molar-refractivity contribution in [3.63, 3.8) is 0 Å². The van der Waals surface area contributed by atoms with Gasteiger partial charge in [0.25, 0.3) is 6.43 Å². The first-order valence-electron chi connectivity index (χ1n) is 5.36. The number of carbonyl (C=O) groups is 1. The zero-order valence-corrected chi connectivity index (χ0v) is 9.86. The number of aromatic carboxylic acids is 1. The molecule has 0 bridgehead atoms. The van der Waals surface area contributed by atoms with Gasteiger partial charge in [0.1, 0.15) is 24.4 Å². The second-order valence-electron chi connectivity index (χ2n) is 3.58. The normalized spacial score (nSPS) is 11.2. The van der Waals surface area contributed by atoms with E-state index in [1.54, 1.807) is 0 Å². The van der Waals surface area contributed by atoms with Gasteiger partial charge in [-0.2, -0.15) is 5.10 Å². The minimum atomic E-state index is -2.99. The molecule has 0 atom stereocenters. The first-order valence-corrected chi connectivity index (χ1v) is 5.36. The van der Waals surface area contributed by atoms with Crippen LogP contribution in [0.15, 0.2) is 6.33 Å². The van der Waals surface area contributed by atoms with Gasteiger partial charge in [-0.3, -0.25) is 0 Å². The van der Waals surface area contributed by atoms with Crippen molar-refractivity contribution in [2.24, 2.45) is 0 Å². The minimum Gasteiger partial charge on any atom is -0.476 e. The van der Waals surface area contributed by atoms with Gasteiger partial charge in [0.2, 0.25) is 0 Å². The zero-order valence-electron chi connectivity index (χ0n) is 9.86. The number of carboxylic acids is 1. The van der Waals surface area contributed by atoms with E-state index < -0.39 is 23.8 Å². The lowest BCUT2D eigenvalue weighted by Gasteiger charge is -2.06. The molecule has 2 aromatic rings. The molecule has 0 aliphatic carbocycles. The molecule has 0 radical (unpaired) electrons. The molecule has 0 unspecified atom stereocenters. The third-order valence-electron chi connectivity index (χ3n) is 2.47. The van der Waals surface area contributed by atoms with Crippen LogP contribution in [0.2, 0.25) is 0 Å². The topological polar surface area (TPSA) is 98.7 Å². The quantitative estimate of drug-likeness (QED) is 0.854. The highest BCUT2D eigenvalue weighted by Gasteiger charge is 2.26. The number of aryl methyl sites for hydroxylation is 1. The Morgan fingerprint density at radius 3 is 2.79 bits per heavy atom. The van der Waals surface area contributed by atoms with Gasteiger partial charge in [-0.1, -0.05) is 5.21 Å². The fourth-order valence-corrected chi connectivity index (χ4v) is 1.61. The van der Waals surface area contributed by atoms with Crippen LogP contribution in [-0.2, 0) is 13.1 Å². The van der Waals surface area contributed by atoms with Crippen LogP contribution >= 0.6 is 0 Å². The smallest absolute Gasteiger partial charge is 0.358 e. The van der Waals surface area contributed by atoms with E-state index in [2.05, 4.69) is 20.4 Å². The molecule has 2 aromatic heterocycles. The molecule has 1 N–H and O–H groups in total. The molecule has 10 heteroatoms. The highest BCUT2D eigenvalue weighted by atomic mass is 19.3. The SMILES string of the molecule is CCn1ncnc1Cn1nnc(C(=O)O)c1C(F)F. The van der Waals surface area contributed by atoms with Crippen LogP contribution in [0.25, 0.3) is 0 Å². The summed E-state index contributed by atoms with van der Waals surface area (Å²) in [6.07, 6.45) is -1.70. The maximum absolute atomic E-state index is 12.9. The molecule has 0 amide bonds. The third kappa shape index (κ3) is 2.41. The first-order chi connectivity index (χ1) is 9.04. The average molecular weight is 272 g/mol. The Hall–Kier alpha value is -2.39. The molecule has 0 fully saturated rings. The van der Waals surface area contributed by atoms with E-state index >= 15 is 0 Å². The standard InChI is InChI=1S/C9H10F2N6O2/c1-2-16-5(12-4-13-16)3-17-7(8(10)11)6(9(18)19)14-15-17/h4,8H,2-3H2,1H3,(H,18,19). The summed E-state index contributed by atoms with van der Waals surface area (Å²) in [7, 11) is 0. The van der Waals surface area contributed by atoms with Crippen molar-refractivity contribution in [3.8, 4) is 0 Å². The molecule has 2 rings (SSSR count). The van der Waals surface area contributed by atoms with Crippen LogP contribution in [0.1, 0.15) is 35.4 Å². The Morgan fingerprint density at radius 2 is 2.21 bits per heavy atom. The van der Waals surface area contributed by atoms with Gasteiger partial charge in [-0.05, 0) is 6.92 Å². The Balaban J connectivity index is 2.38. The number of carboxylic acid groups (broad SMARTS) is 1. The highest BCUT2D eigenvalue weighted by Crippen LogP contribution is 2.21. The summed E-state index contributed by atoms with van der Waals surface area (Å²) < 4.78 is 28.1. The summed E-state index contributed by atoms with van der Waals surface area (Å²) in [4.78, 5) is 14.7. The van der Waals surface area contributed by atoms with E-state index in [0.29, 0.717) is 12.4 Å². The predicted octanol–water partition coefficient (Wildman–Crippen LogP) is 0.574. The molecule has 0 spiro atoms. The molecular formula is C9H10F2N6O2. The van der Waals surface area contributed by atoms with E-state index in [-0.39, 0.29) is 6.54 Å². The number of rotatable bonds is 5. The summed E-state index contributed by atoms with van der Waals surface area (Å²) in [5.41, 5.74) is -1.49. The summed E-state index contributed by atoms with van der Waals surface area (Å²) in [6, 6.07) is 0. The molecular weight excluding hydrogens is 262 g/mol. The largest absolute Gasteiger partial charge is 0.476 e. The molecule has 0 aliphatic rings. The second-order valence-corrected chi connectivity index (χ2v) is 3.58. The van der Waals surface area contributed by atoms with E-state index in [1.807, 2.05) is 6.92 Å². The van der Waals surface area contributed by atoms with E-state index in [1.165, 1.54) is 11.0 Å². The minimum absolute atomic E-state index is 0.117. The van der Waals surface area contributed by atoms with Gasteiger partial charge in [0.15, 0.2) is 5.69 Å². The fourth-order valence-electron chi connectivity index (χ4n) is 1.61. The summed E-state index contributed by atoms with van der Waals surface area (Å²) in [5.74, 6) is -1.15. The Morgan fingerprint density at radius 1 is 1.47 bits per heavy atom. The average Bonchev–Trinajstić information content (AvgIpc) is 2.95. The van der Waals surface area contributed by atoms with Crippen molar-refractivity contribution in [1.29, 1.82) is 0 Å². The number of hydrogen-bond donors (Lipinski definition) is 1. The lowest BCUT2D eigenvalue weighted by molar-refractivity contribution is 0.0675. The Labute approximate surface area is 105 Å². The van der Waals surface area contributed by atoms with Crippen molar-refractivity contribution in [1.82, 2.24) is 29.8 Å². The lowest BCUT2D eigenvalue weighted by atomic mass is 10.3.